The van der Waals surface area contributed by atoms with Crippen molar-refractivity contribution in [2.75, 3.05) is 19.7 Å². The Labute approximate surface area is 140 Å². The van der Waals surface area contributed by atoms with Gasteiger partial charge in [0.1, 0.15) is 0 Å². The quantitative estimate of drug-likeness (QED) is 0.292. The molecule has 0 aliphatic heterocycles. The minimum absolute atomic E-state index is 0.0168. The molecule has 0 saturated heterocycles. The zero-order valence-corrected chi connectivity index (χ0v) is 13.3. The summed E-state index contributed by atoms with van der Waals surface area (Å²) >= 11 is 0. The summed E-state index contributed by atoms with van der Waals surface area (Å²) in [5.41, 5.74) is 5.88. The van der Waals surface area contributed by atoms with Gasteiger partial charge in [0.2, 0.25) is 5.91 Å². The second kappa shape index (κ2) is 10.8. The normalized spacial score (nSPS) is 9.71. The van der Waals surface area contributed by atoms with Gasteiger partial charge in [-0.05, 0) is 12.0 Å². The van der Waals surface area contributed by atoms with Gasteiger partial charge in [-0.25, -0.2) is 0 Å². The Morgan fingerprint density at radius 3 is 2.33 bits per heavy atom. The highest BCUT2D eigenvalue weighted by molar-refractivity contribution is 6.34. The van der Waals surface area contributed by atoms with Crippen molar-refractivity contribution in [3.05, 3.63) is 48.2 Å². The molecule has 1 aromatic carbocycles. The van der Waals surface area contributed by atoms with E-state index < -0.39 is 11.8 Å². The third-order valence-corrected chi connectivity index (χ3v) is 2.91. The first-order chi connectivity index (χ1) is 11.5. The minimum Gasteiger partial charge on any atom is -0.395 e. The van der Waals surface area contributed by atoms with Crippen LogP contribution in [0.15, 0.2) is 42.6 Å². The maximum atomic E-state index is 11.7. The number of carbonyl (C=O) groups excluding carboxylic acids is 3. The number of aliphatic hydroxyl groups excluding tert-OH is 1. The van der Waals surface area contributed by atoms with Crippen LogP contribution >= 0.6 is 0 Å². The molecule has 0 bridgehead atoms. The number of carbonyl (C=O) groups is 3. The molecule has 0 atom stereocenters. The van der Waals surface area contributed by atoms with Gasteiger partial charge < -0.3 is 21.2 Å². The van der Waals surface area contributed by atoms with E-state index in [0.29, 0.717) is 13.0 Å². The Kier molecular flexibility index (Phi) is 8.62. The van der Waals surface area contributed by atoms with Gasteiger partial charge in [0.25, 0.3) is 0 Å². The van der Waals surface area contributed by atoms with Crippen molar-refractivity contribution >= 4 is 17.7 Å². The fourth-order valence-corrected chi connectivity index (χ4v) is 1.74. The van der Waals surface area contributed by atoms with Crippen LogP contribution < -0.4 is 21.5 Å². The van der Waals surface area contributed by atoms with Crippen LogP contribution in [-0.2, 0) is 20.8 Å². The van der Waals surface area contributed by atoms with Gasteiger partial charge in [0.05, 0.1) is 13.0 Å². The largest absolute Gasteiger partial charge is 0.395 e. The van der Waals surface area contributed by atoms with Crippen molar-refractivity contribution in [3.63, 3.8) is 0 Å². The molecule has 130 valence electrons. The third kappa shape index (κ3) is 7.95. The number of nitrogens with one attached hydrogen (secondary N) is 4. The Morgan fingerprint density at radius 2 is 1.67 bits per heavy atom. The molecule has 0 fully saturated rings. The Balaban J connectivity index is 2.18. The fourth-order valence-electron chi connectivity index (χ4n) is 1.74. The van der Waals surface area contributed by atoms with Crippen molar-refractivity contribution < 1.29 is 19.5 Å². The molecule has 24 heavy (non-hydrogen) atoms. The standard InChI is InChI=1S/C16H22N4O4/c1-12(19-20-16(24)15(23)18-9-10-21)11-14(22)17-8-7-13-5-3-2-4-6-13/h2-6,19,21H,1,7-11H2,(H,17,22)(H,18,23)(H,20,24). The average molecular weight is 334 g/mol. The van der Waals surface area contributed by atoms with Gasteiger partial charge in [-0.2, -0.15) is 0 Å². The van der Waals surface area contributed by atoms with Crippen molar-refractivity contribution in [2.45, 2.75) is 12.8 Å². The highest BCUT2D eigenvalue weighted by Gasteiger charge is 2.12. The van der Waals surface area contributed by atoms with Crippen LogP contribution in [0.3, 0.4) is 0 Å². The second-order valence-electron chi connectivity index (χ2n) is 4.92. The fraction of sp³-hybridized carbons (Fsp3) is 0.312. The molecule has 0 heterocycles. The van der Waals surface area contributed by atoms with Gasteiger partial charge >= 0.3 is 11.8 Å². The van der Waals surface area contributed by atoms with Gasteiger partial charge in [-0.1, -0.05) is 36.9 Å². The minimum atomic E-state index is -0.936. The van der Waals surface area contributed by atoms with Crippen LogP contribution in [0.25, 0.3) is 0 Å². The molecular formula is C16H22N4O4. The number of benzene rings is 1. The molecule has 5 N–H and O–H groups in total. The average Bonchev–Trinajstić information content (AvgIpc) is 2.58. The summed E-state index contributed by atoms with van der Waals surface area (Å²) in [5.74, 6) is -2.08. The lowest BCUT2D eigenvalue weighted by Crippen LogP contribution is -2.46. The van der Waals surface area contributed by atoms with Gasteiger partial charge in [0.15, 0.2) is 0 Å². The van der Waals surface area contributed by atoms with Gasteiger partial charge in [-0.15, -0.1) is 0 Å². The molecule has 0 spiro atoms. The first-order valence-corrected chi connectivity index (χ1v) is 7.46. The van der Waals surface area contributed by atoms with E-state index in [4.69, 9.17) is 5.11 Å². The molecule has 0 aromatic heterocycles. The number of amides is 3. The topological polar surface area (TPSA) is 120 Å². The molecule has 1 aromatic rings. The summed E-state index contributed by atoms with van der Waals surface area (Å²) in [5, 5.41) is 13.5. The summed E-state index contributed by atoms with van der Waals surface area (Å²) in [7, 11) is 0. The molecular weight excluding hydrogens is 312 g/mol. The van der Waals surface area contributed by atoms with E-state index in [-0.39, 0.29) is 31.2 Å². The molecule has 0 saturated carbocycles. The summed E-state index contributed by atoms with van der Waals surface area (Å²) in [6.45, 7) is 3.81. The van der Waals surface area contributed by atoms with Crippen molar-refractivity contribution in [1.29, 1.82) is 0 Å². The first kappa shape index (κ1) is 19.2. The number of hydrogen-bond donors (Lipinski definition) is 5. The van der Waals surface area contributed by atoms with E-state index in [9.17, 15) is 14.4 Å². The Morgan fingerprint density at radius 1 is 0.958 bits per heavy atom. The number of hydrogen-bond acceptors (Lipinski definition) is 5. The smallest absolute Gasteiger partial charge is 0.327 e. The lowest BCUT2D eigenvalue weighted by molar-refractivity contribution is -0.139. The molecule has 1 rings (SSSR count). The monoisotopic (exact) mass is 334 g/mol. The van der Waals surface area contributed by atoms with Crippen LogP contribution in [-0.4, -0.2) is 42.5 Å². The van der Waals surface area contributed by atoms with E-state index >= 15 is 0 Å². The van der Waals surface area contributed by atoms with Crippen LogP contribution in [0.1, 0.15) is 12.0 Å². The van der Waals surface area contributed by atoms with Crippen LogP contribution in [0.5, 0.6) is 0 Å². The molecule has 3 amide bonds. The van der Waals surface area contributed by atoms with Crippen LogP contribution in [0.2, 0.25) is 0 Å². The van der Waals surface area contributed by atoms with Crippen molar-refractivity contribution in [1.82, 2.24) is 21.5 Å². The molecule has 0 unspecified atom stereocenters. The number of hydrazine groups is 1. The van der Waals surface area contributed by atoms with Crippen molar-refractivity contribution in [3.8, 4) is 0 Å². The number of aliphatic hydroxyl groups is 1. The number of rotatable bonds is 9. The first-order valence-electron chi connectivity index (χ1n) is 7.46. The van der Waals surface area contributed by atoms with Crippen molar-refractivity contribution in [2.24, 2.45) is 0 Å². The zero-order chi connectivity index (χ0) is 17.8. The molecule has 0 aliphatic rings. The summed E-state index contributed by atoms with van der Waals surface area (Å²) < 4.78 is 0. The van der Waals surface area contributed by atoms with E-state index in [0.717, 1.165) is 5.56 Å². The van der Waals surface area contributed by atoms with E-state index in [1.54, 1.807) is 0 Å². The van der Waals surface area contributed by atoms with Gasteiger partial charge in [-0.3, -0.25) is 19.8 Å². The van der Waals surface area contributed by atoms with E-state index in [2.05, 4.69) is 28.1 Å². The highest BCUT2D eigenvalue weighted by atomic mass is 16.3. The maximum Gasteiger partial charge on any atom is 0.327 e. The SMILES string of the molecule is C=C(CC(=O)NCCc1ccccc1)NNC(=O)C(=O)NCCO. The maximum absolute atomic E-state index is 11.7. The molecule has 0 radical (unpaired) electrons. The summed E-state index contributed by atoms with van der Waals surface area (Å²) in [6.07, 6.45) is 0.682. The highest BCUT2D eigenvalue weighted by Crippen LogP contribution is 1.98. The molecule has 0 aliphatic carbocycles. The Bertz CT molecular complexity index is 575. The van der Waals surface area contributed by atoms with Crippen LogP contribution in [0.4, 0.5) is 0 Å². The summed E-state index contributed by atoms with van der Waals surface area (Å²) in [4.78, 5) is 34.3. The van der Waals surface area contributed by atoms with E-state index in [1.165, 1.54) is 0 Å². The predicted octanol–water partition coefficient (Wildman–Crippen LogP) is -1.02. The van der Waals surface area contributed by atoms with Crippen LogP contribution in [0, 0.1) is 0 Å². The molecule has 8 nitrogen and oxygen atoms in total. The second-order valence-corrected chi connectivity index (χ2v) is 4.92. The van der Waals surface area contributed by atoms with E-state index in [1.807, 2.05) is 30.3 Å². The lowest BCUT2D eigenvalue weighted by Gasteiger charge is -2.11. The third-order valence-electron chi connectivity index (χ3n) is 2.91. The lowest BCUT2D eigenvalue weighted by atomic mass is 10.1. The Hall–Kier alpha value is -2.87. The zero-order valence-electron chi connectivity index (χ0n) is 13.3. The molecule has 8 heteroatoms. The summed E-state index contributed by atoms with van der Waals surface area (Å²) in [6, 6.07) is 9.74. The van der Waals surface area contributed by atoms with Gasteiger partial charge in [0, 0.05) is 18.8 Å². The predicted molar refractivity (Wildman–Crippen MR) is 88.3 cm³/mol.